The third kappa shape index (κ3) is 13.2. The fraction of sp³-hybridized carbons (Fsp3) is 0.618. The molecule has 0 aromatic heterocycles. The van der Waals surface area contributed by atoms with Gasteiger partial charge in [-0.2, -0.15) is 0 Å². The van der Waals surface area contributed by atoms with Crippen LogP contribution in [-0.4, -0.2) is 97.4 Å². The van der Waals surface area contributed by atoms with Gasteiger partial charge in [-0.15, -0.1) is 0 Å². The van der Waals surface area contributed by atoms with Gasteiger partial charge in [0.25, 0.3) is 0 Å². The van der Waals surface area contributed by atoms with Gasteiger partial charge in [-0.25, -0.2) is 0 Å². The van der Waals surface area contributed by atoms with Crippen molar-refractivity contribution in [2.75, 3.05) is 58.2 Å². The van der Waals surface area contributed by atoms with Gasteiger partial charge in [0.15, 0.2) is 5.96 Å². The summed E-state index contributed by atoms with van der Waals surface area (Å²) in [6, 6.07) is 8.05. The van der Waals surface area contributed by atoms with E-state index in [0.29, 0.717) is 50.8 Å². The van der Waals surface area contributed by atoms with Crippen LogP contribution in [0.25, 0.3) is 0 Å². The second-order valence-electron chi connectivity index (χ2n) is 12.5. The molecule has 46 heavy (non-hydrogen) atoms. The summed E-state index contributed by atoms with van der Waals surface area (Å²) in [6.45, 7) is 14.7. The summed E-state index contributed by atoms with van der Waals surface area (Å²) in [5.41, 5.74) is 1.45. The molecule has 4 amide bonds. The van der Waals surface area contributed by atoms with Gasteiger partial charge in [0.05, 0.1) is 30.8 Å². The van der Waals surface area contributed by atoms with E-state index in [2.05, 4.69) is 63.7 Å². The van der Waals surface area contributed by atoms with Crippen LogP contribution in [0.3, 0.4) is 0 Å². The molecular formula is C34H55N7O5. The van der Waals surface area contributed by atoms with Crippen molar-refractivity contribution in [1.29, 1.82) is 0 Å². The van der Waals surface area contributed by atoms with Crippen molar-refractivity contribution >= 4 is 35.3 Å². The van der Waals surface area contributed by atoms with Crippen LogP contribution in [0.1, 0.15) is 71.8 Å². The molecule has 1 aromatic rings. The molecule has 1 aliphatic rings. The highest BCUT2D eigenvalue weighted by atomic mass is 16.3. The topological polar surface area (TPSA) is 155 Å². The number of nitrogens with one attached hydrogen (secondary N) is 4. The van der Waals surface area contributed by atoms with E-state index in [1.807, 2.05) is 26.0 Å². The van der Waals surface area contributed by atoms with Crippen LogP contribution < -0.4 is 21.3 Å². The molecule has 1 aromatic carbocycles. The van der Waals surface area contributed by atoms with Crippen molar-refractivity contribution in [3.05, 3.63) is 42.2 Å². The van der Waals surface area contributed by atoms with Gasteiger partial charge in [0.1, 0.15) is 0 Å². The molecule has 0 spiro atoms. The van der Waals surface area contributed by atoms with E-state index in [9.17, 15) is 24.3 Å². The number of unbranched alkanes of at least 4 members (excludes halogenated alkanes) is 2. The van der Waals surface area contributed by atoms with Crippen LogP contribution in [0.5, 0.6) is 0 Å². The molecule has 256 valence electrons. The molecule has 1 aliphatic heterocycles. The first-order valence-electron chi connectivity index (χ1n) is 16.4. The monoisotopic (exact) mass is 641 g/mol. The van der Waals surface area contributed by atoms with E-state index in [4.69, 9.17) is 0 Å². The Morgan fingerprint density at radius 3 is 2.35 bits per heavy atom. The van der Waals surface area contributed by atoms with E-state index in [0.717, 1.165) is 38.0 Å². The number of anilines is 1. The zero-order valence-corrected chi connectivity index (χ0v) is 28.4. The number of carbonyl (C=O) groups excluding carboxylic acids is 4. The first kappa shape index (κ1) is 38.3. The maximum atomic E-state index is 12.5. The summed E-state index contributed by atoms with van der Waals surface area (Å²) in [4.78, 5) is 56.8. The minimum absolute atomic E-state index is 0.0535. The first-order valence-corrected chi connectivity index (χ1v) is 16.4. The molecule has 12 heteroatoms. The number of nitrogens with zero attached hydrogens (tertiary/aromatic N) is 3. The maximum Gasteiger partial charge on any atom is 0.239 e. The van der Waals surface area contributed by atoms with Gasteiger partial charge < -0.3 is 26.4 Å². The van der Waals surface area contributed by atoms with Gasteiger partial charge in [-0.1, -0.05) is 46.4 Å². The summed E-state index contributed by atoms with van der Waals surface area (Å²) < 4.78 is 0. The Balaban J connectivity index is 1.62. The zero-order chi connectivity index (χ0) is 34.1. The molecule has 1 heterocycles. The molecule has 12 nitrogen and oxygen atoms in total. The number of hydrogen-bond donors (Lipinski definition) is 5. The summed E-state index contributed by atoms with van der Waals surface area (Å²) in [5, 5.41) is 21.1. The highest BCUT2D eigenvalue weighted by Gasteiger charge is 2.46. The Hall–Kier alpha value is -3.93. The number of hydrogen-bond acceptors (Lipinski definition) is 7. The molecule has 0 saturated carbocycles. The van der Waals surface area contributed by atoms with E-state index < -0.39 is 5.41 Å². The number of amides is 4. The Morgan fingerprint density at radius 2 is 1.74 bits per heavy atom. The number of likely N-dealkylation sites (tertiary alicyclic amines) is 1. The highest BCUT2D eigenvalue weighted by Crippen LogP contribution is 2.35. The molecule has 2 atom stereocenters. The SMILES string of the molecule is C=C(O)CN(CCC)CC(C)Cc1ccc(NC(=NC)NCC(=O)NCC(=O)NCCCCCN2C(=O)CC(C)(CC)C2=O)cc1. The highest BCUT2D eigenvalue weighted by molar-refractivity contribution is 6.05. The number of benzene rings is 1. The third-order valence-electron chi connectivity index (χ3n) is 8.17. The molecular weight excluding hydrogens is 586 g/mol. The second-order valence-corrected chi connectivity index (χ2v) is 12.5. The van der Waals surface area contributed by atoms with Crippen molar-refractivity contribution < 1.29 is 24.3 Å². The zero-order valence-electron chi connectivity index (χ0n) is 28.4. The second kappa shape index (κ2) is 19.6. The lowest BCUT2D eigenvalue weighted by Gasteiger charge is -2.25. The summed E-state index contributed by atoms with van der Waals surface area (Å²) in [5.74, 6) is 0.205. The average Bonchev–Trinajstić information content (AvgIpc) is 3.23. The lowest BCUT2D eigenvalue weighted by atomic mass is 9.86. The molecule has 0 radical (unpaired) electrons. The Kier molecular flexibility index (Phi) is 16.3. The summed E-state index contributed by atoms with van der Waals surface area (Å²) in [6.07, 6.45) is 5.02. The Bertz CT molecular complexity index is 1200. The summed E-state index contributed by atoms with van der Waals surface area (Å²) in [7, 11) is 1.61. The van der Waals surface area contributed by atoms with Crippen LogP contribution in [0.4, 0.5) is 5.69 Å². The van der Waals surface area contributed by atoms with Crippen LogP contribution >= 0.6 is 0 Å². The number of imide groups is 1. The number of aliphatic hydroxyl groups excluding tert-OH is 1. The third-order valence-corrected chi connectivity index (χ3v) is 8.17. The molecule has 1 fully saturated rings. The van der Waals surface area contributed by atoms with Crippen molar-refractivity contribution in [3.63, 3.8) is 0 Å². The Labute approximate surface area is 274 Å². The van der Waals surface area contributed by atoms with Gasteiger partial charge >= 0.3 is 0 Å². The lowest BCUT2D eigenvalue weighted by Crippen LogP contribution is -2.43. The summed E-state index contributed by atoms with van der Waals surface area (Å²) >= 11 is 0. The van der Waals surface area contributed by atoms with Crippen LogP contribution in [0.2, 0.25) is 0 Å². The van der Waals surface area contributed by atoms with Crippen molar-refractivity contribution in [2.24, 2.45) is 16.3 Å². The van der Waals surface area contributed by atoms with Gasteiger partial charge in [-0.05, 0) is 68.7 Å². The number of rotatable bonds is 20. The minimum Gasteiger partial charge on any atom is -0.512 e. The average molecular weight is 642 g/mol. The van der Waals surface area contributed by atoms with E-state index in [-0.39, 0.29) is 48.9 Å². The van der Waals surface area contributed by atoms with E-state index in [1.54, 1.807) is 7.05 Å². The largest absolute Gasteiger partial charge is 0.512 e. The molecule has 1 saturated heterocycles. The molecule has 2 rings (SSSR count). The number of aliphatic hydroxyl groups is 1. The van der Waals surface area contributed by atoms with Crippen molar-refractivity contribution in [2.45, 2.75) is 72.6 Å². The first-order chi connectivity index (χ1) is 21.9. The Morgan fingerprint density at radius 1 is 1.07 bits per heavy atom. The number of carbonyl (C=O) groups is 4. The maximum absolute atomic E-state index is 12.5. The minimum atomic E-state index is -0.575. The molecule has 5 N–H and O–H groups in total. The number of aliphatic imine (C=N–C) groups is 1. The van der Waals surface area contributed by atoms with Crippen molar-refractivity contribution in [3.8, 4) is 0 Å². The van der Waals surface area contributed by atoms with Crippen LogP contribution in [0, 0.1) is 11.3 Å². The van der Waals surface area contributed by atoms with Crippen LogP contribution in [-0.2, 0) is 25.6 Å². The smallest absolute Gasteiger partial charge is 0.239 e. The number of guanidine groups is 1. The van der Waals surface area contributed by atoms with Gasteiger partial charge in [0.2, 0.25) is 23.6 Å². The molecule has 0 aliphatic carbocycles. The quantitative estimate of drug-likeness (QED) is 0.0478. The fourth-order valence-corrected chi connectivity index (χ4v) is 5.47. The van der Waals surface area contributed by atoms with E-state index >= 15 is 0 Å². The predicted molar refractivity (Wildman–Crippen MR) is 182 cm³/mol. The normalized spacial score (nSPS) is 17.3. The van der Waals surface area contributed by atoms with E-state index in [1.165, 1.54) is 10.5 Å². The standard InChI is InChI=1S/C34H55N7O5/c1-7-17-40(24-26(4)42)23-25(3)19-27-12-14-28(15-13-27)39-33(35-6)38-22-30(44)37-21-29(43)36-16-10-9-11-18-41-31(45)20-34(5,8-2)32(41)46/h12-15,25,42H,4,7-11,16-24H2,1-3,5-6H3,(H,36,43)(H,37,44)(H2,35,38,39). The van der Waals surface area contributed by atoms with Crippen LogP contribution in [0.15, 0.2) is 41.6 Å². The predicted octanol–water partition coefficient (Wildman–Crippen LogP) is 3.21. The van der Waals surface area contributed by atoms with Crippen molar-refractivity contribution in [1.82, 2.24) is 25.8 Å². The molecule has 2 unspecified atom stereocenters. The van der Waals surface area contributed by atoms with Gasteiger partial charge in [-0.3, -0.25) is 34.0 Å². The molecule has 0 bridgehead atoms. The fourth-order valence-electron chi connectivity index (χ4n) is 5.47. The lowest BCUT2D eigenvalue weighted by molar-refractivity contribution is -0.141. The van der Waals surface area contributed by atoms with Gasteiger partial charge in [0, 0.05) is 38.8 Å².